The predicted molar refractivity (Wildman–Crippen MR) is 211 cm³/mol. The zero-order valence-corrected chi connectivity index (χ0v) is 32.0. The number of hydrogen-bond donors (Lipinski definition) is 3. The number of benzene rings is 4. The molecule has 1 aliphatic rings. The van der Waals surface area contributed by atoms with Gasteiger partial charge in [-0.15, -0.1) is 0 Å². The molecule has 1 aliphatic heterocycles. The molecule has 0 saturated heterocycles. The molecule has 0 bridgehead atoms. The van der Waals surface area contributed by atoms with Gasteiger partial charge in [0.05, 0.1) is 14.1 Å². The largest absolute Gasteiger partial charge is 1.00 e. The summed E-state index contributed by atoms with van der Waals surface area (Å²) in [6, 6.07) is 42.0. The summed E-state index contributed by atoms with van der Waals surface area (Å²) in [6.07, 6.45) is 10.9. The van der Waals surface area contributed by atoms with Gasteiger partial charge < -0.3 is 18.1 Å². The second-order valence-electron chi connectivity index (χ2n) is 12.6. The number of guanidine groups is 2. The van der Waals surface area contributed by atoms with Crippen LogP contribution in [0.15, 0.2) is 120 Å². The third-order valence-corrected chi connectivity index (χ3v) is 20.8. The number of nitrogens with zero attached hydrogens (tertiary/aromatic N) is 2. The molecule has 0 amide bonds. The fourth-order valence-corrected chi connectivity index (χ4v) is 15.2. The Labute approximate surface area is 306 Å². The molecule has 0 aromatic heterocycles. The van der Waals surface area contributed by atoms with Crippen LogP contribution in [0.5, 0.6) is 5.75 Å². The van der Waals surface area contributed by atoms with Crippen molar-refractivity contribution in [3.63, 3.8) is 0 Å². The van der Waals surface area contributed by atoms with E-state index in [0.717, 1.165) is 30.3 Å². The summed E-state index contributed by atoms with van der Waals surface area (Å²) in [4.78, 5) is 4.48. The Kier molecular flexibility index (Phi) is 14.2. The second kappa shape index (κ2) is 18.0. The number of nitrogens with one attached hydrogen (secondary N) is 2. The maximum atomic E-state index is 6.04. The van der Waals surface area contributed by atoms with Crippen LogP contribution in [-0.4, -0.2) is 43.4 Å². The summed E-state index contributed by atoms with van der Waals surface area (Å²) < 4.78 is 5.34. The molecular formula is C39H50ClIN5OP. The summed E-state index contributed by atoms with van der Waals surface area (Å²) in [5.41, 5.74) is 7.02. The molecule has 0 aliphatic carbocycles. The summed E-state index contributed by atoms with van der Waals surface area (Å²) in [5.74, 6) is 2.13. The van der Waals surface area contributed by atoms with Gasteiger partial charge in [-0.25, -0.2) is 5.32 Å². The minimum absolute atomic E-state index is 0. The van der Waals surface area contributed by atoms with Gasteiger partial charge in [-0.05, 0) is 24.3 Å². The molecule has 9 heteroatoms. The van der Waals surface area contributed by atoms with E-state index in [2.05, 4.69) is 129 Å². The van der Waals surface area contributed by atoms with E-state index in [1.807, 2.05) is 42.9 Å². The minimum atomic E-state index is -2.64. The Morgan fingerprint density at radius 3 is 1.62 bits per heavy atom. The summed E-state index contributed by atoms with van der Waals surface area (Å²) in [7, 11) is 3.92. The molecular weight excluding hydrogens is 748 g/mol. The van der Waals surface area contributed by atoms with Gasteiger partial charge >= 0.3 is 214 Å². The zero-order chi connectivity index (χ0) is 33.0. The van der Waals surface area contributed by atoms with Crippen molar-refractivity contribution in [3.05, 3.63) is 121 Å². The number of hydrogen-bond acceptors (Lipinski definition) is 3. The maximum absolute atomic E-state index is 6.04. The van der Waals surface area contributed by atoms with Crippen LogP contribution >= 0.6 is 26.3 Å². The van der Waals surface area contributed by atoms with E-state index in [4.69, 9.17) is 10.5 Å². The van der Waals surface area contributed by atoms with E-state index < -0.39 is 4.25 Å². The van der Waals surface area contributed by atoms with Crippen LogP contribution in [0.1, 0.15) is 63.1 Å². The first kappa shape index (κ1) is 37.7. The summed E-state index contributed by atoms with van der Waals surface area (Å²) in [6.45, 7) is 0.746. The monoisotopic (exact) mass is 797 g/mol. The quantitative estimate of drug-likeness (QED) is 0.0689. The van der Waals surface area contributed by atoms with Gasteiger partial charge in [0.2, 0.25) is 0 Å². The average Bonchev–Trinajstić information content (AvgIpc) is 3.11. The summed E-state index contributed by atoms with van der Waals surface area (Å²) in [5, 5.41) is 10.8. The fraction of sp³-hybridized carbons (Fsp3) is 0.333. The van der Waals surface area contributed by atoms with Crippen LogP contribution in [0.2, 0.25) is 0 Å². The topological polar surface area (TPSA) is 74.7 Å². The molecule has 256 valence electrons. The smallest absolute Gasteiger partial charge is 0.0195 e. The molecule has 48 heavy (non-hydrogen) atoms. The number of halogens is 2. The number of ether oxygens (including phenoxy) is 1. The molecule has 4 aromatic rings. The van der Waals surface area contributed by atoms with Crippen molar-refractivity contribution < 1.29 is 21.7 Å². The Hall–Kier alpha value is -3.13. The molecule has 0 radical (unpaired) electrons. The molecule has 1 unspecified atom stereocenters. The molecule has 4 N–H and O–H groups in total. The molecule has 0 fully saturated rings. The van der Waals surface area contributed by atoms with Crippen molar-refractivity contribution in [1.82, 2.24) is 10.6 Å². The average molecular weight is 798 g/mol. The van der Waals surface area contributed by atoms with Gasteiger partial charge in [-0.1, -0.05) is 0 Å². The number of unbranched alkanes of at least 4 members (excludes halogenated alkanes) is 7. The van der Waals surface area contributed by atoms with Gasteiger partial charge in [0, 0.05) is 5.56 Å². The number of aliphatic imine (C=N–C) groups is 1. The third kappa shape index (κ3) is 9.10. The minimum Gasteiger partial charge on any atom is -1.00 e. The van der Waals surface area contributed by atoms with Crippen molar-refractivity contribution in [1.29, 1.82) is 0 Å². The molecule has 4 aromatic carbocycles. The van der Waals surface area contributed by atoms with E-state index >= 15 is 0 Å². The Morgan fingerprint density at radius 1 is 0.688 bits per heavy atom. The van der Waals surface area contributed by atoms with E-state index in [1.54, 1.807) is 0 Å². The van der Waals surface area contributed by atoms with Gasteiger partial charge in [0.15, 0.2) is 6.17 Å². The molecule has 1 heterocycles. The first-order valence-corrected chi connectivity index (χ1v) is 22.1. The summed E-state index contributed by atoms with van der Waals surface area (Å²) >= 11 is 2.91. The van der Waals surface area contributed by atoms with Crippen LogP contribution in [0.3, 0.4) is 0 Å². The standard InChI is InChI=1S/C39H49IN5OP.ClH/c1-45(2)39-43-37(42-38(41)44-39)32-26-28-33(29-27-32)46-30-18-7-5-3-4-6-8-19-31-47(40,34-20-12-9-13-21-34,35-22-14-10-15-23-35)36-24-16-11-17-25-36;/h9-17,20-29,37H,3-8,18-19,30-31H2,1-2H3,(H3,41,42,43,44);1H. The van der Waals surface area contributed by atoms with Crippen molar-refractivity contribution in [2.24, 2.45) is 10.7 Å². The molecule has 5 rings (SSSR count). The number of rotatable bonds is 16. The SMILES string of the molecule is C[N+](C)=C1NC(N)=NC(c2ccc(OCCCCCCCCCCP(I)(c3ccccc3)(c3ccccc3)c3ccccc3)cc2)N1.[Cl-]. The first-order valence-electron chi connectivity index (χ1n) is 16.9. The van der Waals surface area contributed by atoms with Crippen LogP contribution in [-0.2, 0) is 0 Å². The molecule has 1 atom stereocenters. The van der Waals surface area contributed by atoms with E-state index in [0.29, 0.717) is 5.96 Å². The first-order chi connectivity index (χ1) is 22.9. The molecule has 0 saturated carbocycles. The Morgan fingerprint density at radius 2 is 1.15 bits per heavy atom. The van der Waals surface area contributed by atoms with Gasteiger partial charge in [-0.2, -0.15) is 4.99 Å². The van der Waals surface area contributed by atoms with E-state index in [1.165, 1.54) is 67.0 Å². The maximum Gasteiger partial charge on any atom is -0.0195 e. The van der Waals surface area contributed by atoms with E-state index in [9.17, 15) is 0 Å². The Bertz CT molecular complexity index is 1520. The van der Waals surface area contributed by atoms with Crippen molar-refractivity contribution in [3.8, 4) is 5.75 Å². The van der Waals surface area contributed by atoms with E-state index in [-0.39, 0.29) is 18.6 Å². The van der Waals surface area contributed by atoms with Gasteiger partial charge in [-0.3, -0.25) is 9.89 Å². The normalized spacial score (nSPS) is 15.1. The van der Waals surface area contributed by atoms with Crippen molar-refractivity contribution in [2.75, 3.05) is 26.9 Å². The van der Waals surface area contributed by atoms with Crippen LogP contribution in [0.4, 0.5) is 0 Å². The predicted octanol–water partition coefficient (Wildman–Crippen LogP) is 4.20. The Balaban J connectivity index is 0.00000520. The van der Waals surface area contributed by atoms with Gasteiger partial charge in [0.1, 0.15) is 0 Å². The zero-order valence-electron chi connectivity index (χ0n) is 28.2. The fourth-order valence-electron chi connectivity index (χ4n) is 6.45. The van der Waals surface area contributed by atoms with Crippen molar-refractivity contribution in [2.45, 2.75) is 57.5 Å². The van der Waals surface area contributed by atoms with Crippen LogP contribution in [0.25, 0.3) is 0 Å². The number of nitrogens with two attached hydrogens (primary N) is 1. The van der Waals surface area contributed by atoms with Crippen LogP contribution < -0.4 is 49.4 Å². The van der Waals surface area contributed by atoms with Crippen LogP contribution in [0, 0.1) is 0 Å². The third-order valence-electron chi connectivity index (χ3n) is 9.06. The van der Waals surface area contributed by atoms with Crippen molar-refractivity contribution >= 4 is 54.1 Å². The molecule has 0 spiro atoms. The second-order valence-corrected chi connectivity index (χ2v) is 23.3. The molecule has 6 nitrogen and oxygen atoms in total. The van der Waals surface area contributed by atoms with Gasteiger partial charge in [0.25, 0.3) is 5.96 Å².